The van der Waals surface area contributed by atoms with Crippen molar-refractivity contribution in [1.82, 2.24) is 9.97 Å². The Kier molecular flexibility index (Phi) is 3.18. The van der Waals surface area contributed by atoms with Crippen molar-refractivity contribution in [3.8, 4) is 0 Å². The van der Waals surface area contributed by atoms with E-state index in [0.29, 0.717) is 17.4 Å². The van der Waals surface area contributed by atoms with Gasteiger partial charge in [-0.15, -0.1) is 0 Å². The van der Waals surface area contributed by atoms with Gasteiger partial charge in [-0.3, -0.25) is 0 Å². The monoisotopic (exact) mass is 358 g/mol. The lowest BCUT2D eigenvalue weighted by Gasteiger charge is -2.06. The van der Waals surface area contributed by atoms with Crippen molar-refractivity contribution < 1.29 is 8.42 Å². The molecule has 0 bridgehead atoms. The zero-order chi connectivity index (χ0) is 11.1. The highest BCUT2D eigenvalue weighted by Gasteiger charge is 2.31. The molecule has 1 aliphatic heterocycles. The molecule has 1 saturated heterocycles. The van der Waals surface area contributed by atoms with Crippen LogP contribution in [0.1, 0.15) is 18.2 Å². The maximum atomic E-state index is 11.3. The van der Waals surface area contributed by atoms with Gasteiger partial charge in [0.05, 0.1) is 15.1 Å². The average molecular weight is 359 g/mol. The Bertz CT molecular complexity index is 491. The summed E-state index contributed by atoms with van der Waals surface area (Å²) in [6.45, 7) is 0. The van der Waals surface area contributed by atoms with Gasteiger partial charge in [0.1, 0.15) is 11.0 Å². The number of hydrogen-bond acceptors (Lipinski definition) is 4. The summed E-state index contributed by atoms with van der Waals surface area (Å²) in [5.41, 5.74) is 0. The summed E-state index contributed by atoms with van der Waals surface area (Å²) in [7, 11) is -2.89. The summed E-state index contributed by atoms with van der Waals surface area (Å²) in [6, 6.07) is 0. The summed E-state index contributed by atoms with van der Waals surface area (Å²) >= 11 is 7.89. The second-order valence-corrected chi connectivity index (χ2v) is 7.22. The van der Waals surface area contributed by atoms with E-state index in [1.54, 1.807) is 6.20 Å². The van der Waals surface area contributed by atoms with Crippen LogP contribution in [0, 0.1) is 3.57 Å². The predicted octanol–water partition coefficient (Wildman–Crippen LogP) is 1.64. The minimum absolute atomic E-state index is 0.0931. The van der Waals surface area contributed by atoms with Crippen LogP contribution in [0.2, 0.25) is 5.15 Å². The Morgan fingerprint density at radius 3 is 2.80 bits per heavy atom. The highest BCUT2D eigenvalue weighted by atomic mass is 127. The lowest BCUT2D eigenvalue weighted by atomic mass is 10.1. The van der Waals surface area contributed by atoms with Crippen LogP contribution in [0.5, 0.6) is 0 Å². The first-order chi connectivity index (χ1) is 6.98. The van der Waals surface area contributed by atoms with Crippen molar-refractivity contribution in [3.05, 3.63) is 20.7 Å². The molecule has 7 heteroatoms. The molecular formula is C8H8ClIN2O2S. The Hall–Kier alpha value is 0.0500. The van der Waals surface area contributed by atoms with Gasteiger partial charge in [0.15, 0.2) is 9.84 Å². The zero-order valence-electron chi connectivity index (χ0n) is 7.65. The van der Waals surface area contributed by atoms with Crippen LogP contribution >= 0.6 is 34.2 Å². The number of hydrogen-bond donors (Lipinski definition) is 0. The van der Waals surface area contributed by atoms with Crippen LogP contribution in [0.3, 0.4) is 0 Å². The molecule has 1 unspecified atom stereocenters. The van der Waals surface area contributed by atoms with Gasteiger partial charge in [-0.05, 0) is 29.0 Å². The van der Waals surface area contributed by atoms with Gasteiger partial charge in [-0.1, -0.05) is 11.6 Å². The number of halogens is 2. The number of sulfone groups is 1. The van der Waals surface area contributed by atoms with E-state index in [4.69, 9.17) is 11.6 Å². The third-order valence-electron chi connectivity index (χ3n) is 2.32. The quantitative estimate of drug-likeness (QED) is 0.566. The molecule has 4 nitrogen and oxygen atoms in total. The lowest BCUT2D eigenvalue weighted by molar-refractivity contribution is 0.601. The molecule has 1 aromatic heterocycles. The molecule has 2 rings (SSSR count). The van der Waals surface area contributed by atoms with Crippen molar-refractivity contribution in [2.45, 2.75) is 12.3 Å². The fraction of sp³-hybridized carbons (Fsp3) is 0.500. The number of rotatable bonds is 1. The molecule has 2 heterocycles. The molecular weight excluding hydrogens is 351 g/mol. The van der Waals surface area contributed by atoms with Crippen LogP contribution in [-0.2, 0) is 9.84 Å². The summed E-state index contributed by atoms with van der Waals surface area (Å²) < 4.78 is 23.3. The van der Waals surface area contributed by atoms with Crippen molar-refractivity contribution in [2.75, 3.05) is 11.5 Å². The molecule has 1 aliphatic rings. The minimum atomic E-state index is -2.89. The molecule has 0 saturated carbocycles. The molecule has 15 heavy (non-hydrogen) atoms. The van der Waals surface area contributed by atoms with E-state index < -0.39 is 9.84 Å². The molecule has 0 radical (unpaired) electrons. The molecule has 0 N–H and O–H groups in total. The highest BCUT2D eigenvalue weighted by Crippen LogP contribution is 2.27. The van der Waals surface area contributed by atoms with Gasteiger partial charge in [0, 0.05) is 12.1 Å². The lowest BCUT2D eigenvalue weighted by Crippen LogP contribution is -2.07. The van der Waals surface area contributed by atoms with Crippen molar-refractivity contribution >= 4 is 44.0 Å². The van der Waals surface area contributed by atoms with E-state index in [2.05, 4.69) is 9.97 Å². The van der Waals surface area contributed by atoms with Crippen LogP contribution < -0.4 is 0 Å². The normalized spacial score (nSPS) is 24.3. The molecule has 1 atom stereocenters. The maximum absolute atomic E-state index is 11.3. The number of aromatic nitrogens is 2. The van der Waals surface area contributed by atoms with E-state index in [0.717, 1.165) is 3.57 Å². The van der Waals surface area contributed by atoms with E-state index in [-0.39, 0.29) is 17.4 Å². The van der Waals surface area contributed by atoms with Crippen molar-refractivity contribution in [2.24, 2.45) is 0 Å². The first-order valence-electron chi connectivity index (χ1n) is 4.36. The topological polar surface area (TPSA) is 59.9 Å². The van der Waals surface area contributed by atoms with Crippen LogP contribution in [0.4, 0.5) is 0 Å². The molecule has 1 aromatic rings. The largest absolute Gasteiger partial charge is 0.240 e. The van der Waals surface area contributed by atoms with E-state index >= 15 is 0 Å². The molecule has 0 spiro atoms. The number of nitrogens with zero attached hydrogens (tertiary/aromatic N) is 2. The van der Waals surface area contributed by atoms with Gasteiger partial charge in [0.2, 0.25) is 0 Å². The Labute approximate surface area is 107 Å². The van der Waals surface area contributed by atoms with Gasteiger partial charge >= 0.3 is 0 Å². The van der Waals surface area contributed by atoms with Crippen LogP contribution in [0.25, 0.3) is 0 Å². The highest BCUT2D eigenvalue weighted by molar-refractivity contribution is 14.1. The zero-order valence-corrected chi connectivity index (χ0v) is 11.4. The minimum Gasteiger partial charge on any atom is -0.240 e. The third-order valence-corrected chi connectivity index (χ3v) is 5.48. The molecule has 1 fully saturated rings. The van der Waals surface area contributed by atoms with E-state index in [1.807, 2.05) is 22.6 Å². The Morgan fingerprint density at radius 2 is 2.27 bits per heavy atom. The van der Waals surface area contributed by atoms with Gasteiger partial charge in [-0.25, -0.2) is 18.4 Å². The van der Waals surface area contributed by atoms with Gasteiger partial charge < -0.3 is 0 Å². The van der Waals surface area contributed by atoms with E-state index in [9.17, 15) is 8.42 Å². The smallest absolute Gasteiger partial charge is 0.151 e. The molecule has 0 amide bonds. The first kappa shape index (κ1) is 11.5. The Balaban J connectivity index is 2.28. The van der Waals surface area contributed by atoms with Crippen LogP contribution in [0.15, 0.2) is 6.20 Å². The van der Waals surface area contributed by atoms with Gasteiger partial charge in [0.25, 0.3) is 0 Å². The summed E-state index contributed by atoms with van der Waals surface area (Å²) in [4.78, 5) is 8.22. The fourth-order valence-corrected chi connectivity index (χ4v) is 3.69. The predicted molar refractivity (Wildman–Crippen MR) is 65.8 cm³/mol. The molecule has 0 aliphatic carbocycles. The van der Waals surface area contributed by atoms with Crippen molar-refractivity contribution in [1.29, 1.82) is 0 Å². The standard InChI is InChI=1S/C8H8ClIN2O2S/c9-7-6(10)3-11-8(12-7)5-1-2-15(13,14)4-5/h3,5H,1-2,4H2. The van der Waals surface area contributed by atoms with E-state index in [1.165, 1.54) is 0 Å². The van der Waals surface area contributed by atoms with Crippen LogP contribution in [-0.4, -0.2) is 29.9 Å². The summed E-state index contributed by atoms with van der Waals surface area (Å²) in [5, 5.41) is 0.393. The third kappa shape index (κ3) is 2.59. The Morgan fingerprint density at radius 1 is 1.53 bits per heavy atom. The second-order valence-electron chi connectivity index (χ2n) is 3.47. The molecule has 82 valence electrons. The van der Waals surface area contributed by atoms with Gasteiger partial charge in [-0.2, -0.15) is 0 Å². The fourth-order valence-electron chi connectivity index (χ4n) is 1.55. The second kappa shape index (κ2) is 4.14. The first-order valence-corrected chi connectivity index (χ1v) is 7.64. The summed E-state index contributed by atoms with van der Waals surface area (Å²) in [6.07, 6.45) is 2.22. The molecule has 0 aromatic carbocycles. The van der Waals surface area contributed by atoms with Crippen molar-refractivity contribution in [3.63, 3.8) is 0 Å². The SMILES string of the molecule is O=S1(=O)CCC(c2ncc(I)c(Cl)n2)C1. The summed E-state index contributed by atoms with van der Waals surface area (Å²) in [5.74, 6) is 0.820. The average Bonchev–Trinajstić information content (AvgIpc) is 2.51. The maximum Gasteiger partial charge on any atom is 0.151 e.